The van der Waals surface area contributed by atoms with Gasteiger partial charge in [-0.3, -0.25) is 4.99 Å². The molecule has 0 amide bonds. The van der Waals surface area contributed by atoms with Gasteiger partial charge in [0.2, 0.25) is 0 Å². The Hall–Kier alpha value is -2.36. The van der Waals surface area contributed by atoms with E-state index in [-0.39, 0.29) is 5.41 Å². The molecule has 0 radical (unpaired) electrons. The summed E-state index contributed by atoms with van der Waals surface area (Å²) in [6.07, 6.45) is 22.5. The highest BCUT2D eigenvalue weighted by Crippen LogP contribution is 2.64. The van der Waals surface area contributed by atoms with E-state index in [1.54, 1.807) is 5.71 Å². The monoisotopic (exact) mass is 548 g/mol. The summed E-state index contributed by atoms with van der Waals surface area (Å²) in [4.78, 5) is 16.5. The van der Waals surface area contributed by atoms with Crippen molar-refractivity contribution in [3.8, 4) is 0 Å². The molecule has 10 rings (SSSR count). The quantitative estimate of drug-likeness (QED) is 0.330. The number of amidine groups is 1. The molecule has 0 aromatic heterocycles. The highest BCUT2D eigenvalue weighted by atomic mass is 15.0. The van der Waals surface area contributed by atoms with Crippen LogP contribution in [0.15, 0.2) is 45.3 Å². The maximum Gasteiger partial charge on any atom is 0.135 e. The van der Waals surface area contributed by atoms with Crippen LogP contribution in [0.1, 0.15) is 109 Å². The Morgan fingerprint density at radius 2 is 1.41 bits per heavy atom. The van der Waals surface area contributed by atoms with Crippen molar-refractivity contribution in [2.24, 2.45) is 67.2 Å². The van der Waals surface area contributed by atoms with E-state index in [0.29, 0.717) is 17.8 Å². The van der Waals surface area contributed by atoms with Gasteiger partial charge in [0, 0.05) is 46.4 Å². The molecule has 0 spiro atoms. The van der Waals surface area contributed by atoms with E-state index >= 15 is 0 Å². The van der Waals surface area contributed by atoms with Crippen molar-refractivity contribution in [2.45, 2.75) is 104 Å². The predicted molar refractivity (Wildman–Crippen MR) is 170 cm³/mol. The number of benzene rings is 1. The Labute approximate surface area is 246 Å². The summed E-state index contributed by atoms with van der Waals surface area (Å²) in [5.74, 6) is 7.00. The van der Waals surface area contributed by atoms with Crippen LogP contribution in [0.2, 0.25) is 0 Å². The van der Waals surface area contributed by atoms with Gasteiger partial charge in [-0.1, -0.05) is 19.1 Å². The summed E-state index contributed by atoms with van der Waals surface area (Å²) in [6.45, 7) is 4.40. The first-order chi connectivity index (χ1) is 19.9. The lowest BCUT2D eigenvalue weighted by Gasteiger charge is -2.58. The number of hydrogen-bond donors (Lipinski definition) is 1. The van der Waals surface area contributed by atoms with E-state index in [1.165, 1.54) is 94.7 Å². The molecule has 8 aliphatic carbocycles. The van der Waals surface area contributed by atoms with Crippen molar-refractivity contribution in [3.05, 3.63) is 35.9 Å². The molecule has 9 aliphatic rings. The first-order valence-electron chi connectivity index (χ1n) is 17.0. The second-order valence-corrected chi connectivity index (χ2v) is 15.7. The molecule has 216 valence electrons. The van der Waals surface area contributed by atoms with E-state index in [9.17, 15) is 0 Å². The predicted octanol–water partition coefficient (Wildman–Crippen LogP) is 9.47. The number of hydrogen-bond acceptors (Lipinski definition) is 4. The van der Waals surface area contributed by atoms with Gasteiger partial charge < -0.3 is 5.41 Å². The second kappa shape index (κ2) is 9.85. The number of nitrogens with zero attached hydrogens (tertiary/aromatic N) is 3. The molecule has 0 saturated heterocycles. The average molecular weight is 549 g/mol. The van der Waals surface area contributed by atoms with Crippen LogP contribution < -0.4 is 0 Å². The van der Waals surface area contributed by atoms with E-state index in [2.05, 4.69) is 37.3 Å². The molecule has 1 atom stereocenters. The largest absolute Gasteiger partial charge is 0.313 e. The van der Waals surface area contributed by atoms with Crippen molar-refractivity contribution in [1.82, 2.24) is 0 Å². The van der Waals surface area contributed by atoms with E-state index in [1.807, 2.05) is 6.92 Å². The topological polar surface area (TPSA) is 60.9 Å². The van der Waals surface area contributed by atoms with Gasteiger partial charge in [-0.2, -0.15) is 0 Å². The van der Waals surface area contributed by atoms with E-state index in [4.69, 9.17) is 20.4 Å². The third-order valence-electron chi connectivity index (χ3n) is 12.6. The first-order valence-corrected chi connectivity index (χ1v) is 17.0. The van der Waals surface area contributed by atoms with Crippen LogP contribution in [0, 0.1) is 57.7 Å². The molecule has 1 N–H and O–H groups in total. The summed E-state index contributed by atoms with van der Waals surface area (Å²) >= 11 is 0. The Morgan fingerprint density at radius 3 is 1.95 bits per heavy atom. The highest BCUT2D eigenvalue weighted by molar-refractivity contribution is 6.08. The lowest BCUT2D eigenvalue weighted by atomic mass is 9.47. The van der Waals surface area contributed by atoms with Crippen LogP contribution in [0.3, 0.4) is 0 Å². The molecular formula is C37H48N4. The molecule has 41 heavy (non-hydrogen) atoms. The van der Waals surface area contributed by atoms with E-state index in [0.717, 1.165) is 59.0 Å². The fourth-order valence-electron chi connectivity index (χ4n) is 11.8. The summed E-state index contributed by atoms with van der Waals surface area (Å²) in [5.41, 5.74) is 6.28. The van der Waals surface area contributed by atoms with Gasteiger partial charge in [0.15, 0.2) is 0 Å². The molecule has 4 nitrogen and oxygen atoms in total. The first kappa shape index (κ1) is 26.3. The minimum absolute atomic E-state index is 0.181. The average Bonchev–Trinajstić information content (AvgIpc) is 3.13. The van der Waals surface area contributed by atoms with Crippen molar-refractivity contribution < 1.29 is 0 Å². The molecule has 1 aromatic rings. The normalized spacial score (nSPS) is 42.5. The maximum atomic E-state index is 7.48. The van der Waals surface area contributed by atoms with Crippen LogP contribution in [-0.2, 0) is 0 Å². The molecule has 1 aromatic carbocycles. The highest BCUT2D eigenvalue weighted by Gasteiger charge is 2.57. The van der Waals surface area contributed by atoms with Crippen LogP contribution in [-0.4, -0.2) is 23.5 Å². The van der Waals surface area contributed by atoms with Crippen molar-refractivity contribution in [2.75, 3.05) is 0 Å². The lowest BCUT2D eigenvalue weighted by Crippen LogP contribution is -2.53. The maximum absolute atomic E-state index is 7.48. The van der Waals surface area contributed by atoms with Crippen LogP contribution in [0.25, 0.3) is 5.70 Å². The molecule has 1 aliphatic heterocycles. The van der Waals surface area contributed by atoms with Crippen LogP contribution in [0.5, 0.6) is 0 Å². The summed E-state index contributed by atoms with van der Waals surface area (Å²) in [7, 11) is 0. The third kappa shape index (κ3) is 4.54. The SMILES string of the molecule is CCC1C=C(c2cccc(N=C(C)CC=N)c2)N=C(C23CC4CC(CC(C4)C2)C3)N=C1C12CC3CC(CC(C3)C1)C2. The van der Waals surface area contributed by atoms with Crippen molar-refractivity contribution in [1.29, 1.82) is 5.41 Å². The Balaban J connectivity index is 1.25. The van der Waals surface area contributed by atoms with Crippen LogP contribution >= 0.6 is 0 Å². The zero-order chi connectivity index (χ0) is 27.8. The molecule has 4 heteroatoms. The minimum Gasteiger partial charge on any atom is -0.313 e. The molecule has 8 fully saturated rings. The van der Waals surface area contributed by atoms with Gasteiger partial charge in [0.1, 0.15) is 5.84 Å². The van der Waals surface area contributed by atoms with Gasteiger partial charge in [0.05, 0.1) is 11.4 Å². The van der Waals surface area contributed by atoms with Gasteiger partial charge >= 0.3 is 0 Å². The summed E-state index contributed by atoms with van der Waals surface area (Å²) < 4.78 is 0. The van der Waals surface area contributed by atoms with Gasteiger partial charge in [-0.25, -0.2) is 9.98 Å². The molecule has 1 unspecified atom stereocenters. The molecule has 8 bridgehead atoms. The lowest BCUT2D eigenvalue weighted by molar-refractivity contribution is -0.0159. The summed E-state index contributed by atoms with van der Waals surface area (Å²) in [6, 6.07) is 8.69. The van der Waals surface area contributed by atoms with Gasteiger partial charge in [-0.15, -0.1) is 0 Å². The second-order valence-electron chi connectivity index (χ2n) is 15.7. The summed E-state index contributed by atoms with van der Waals surface area (Å²) in [5, 5.41) is 7.48. The molecule has 8 saturated carbocycles. The van der Waals surface area contributed by atoms with Gasteiger partial charge in [0.25, 0.3) is 0 Å². The van der Waals surface area contributed by atoms with Crippen molar-refractivity contribution in [3.63, 3.8) is 0 Å². The fourth-order valence-corrected chi connectivity index (χ4v) is 11.8. The number of aliphatic imine (C=N–C) groups is 3. The number of allylic oxidation sites excluding steroid dienone is 1. The number of nitrogens with one attached hydrogen (secondary N) is 1. The van der Waals surface area contributed by atoms with E-state index < -0.39 is 0 Å². The third-order valence-corrected chi connectivity index (χ3v) is 12.6. The minimum atomic E-state index is 0.181. The number of rotatable bonds is 7. The Kier molecular flexibility index (Phi) is 6.31. The fraction of sp³-hybridized carbons (Fsp3) is 0.676. The molecule has 1 heterocycles. The Morgan fingerprint density at radius 1 is 0.854 bits per heavy atom. The molecular weight excluding hydrogens is 500 g/mol. The van der Waals surface area contributed by atoms with Gasteiger partial charge in [-0.05, 0) is 144 Å². The zero-order valence-corrected chi connectivity index (χ0v) is 25.2. The smallest absolute Gasteiger partial charge is 0.135 e. The van der Waals surface area contributed by atoms with Crippen LogP contribution in [0.4, 0.5) is 5.69 Å². The van der Waals surface area contributed by atoms with Crippen molar-refractivity contribution >= 4 is 34.9 Å². The standard InChI is InChI=1S/C37H48N4/c1-3-30-16-33(31-5-4-6-32(15-31)39-23(2)7-8-38)40-35(37-20-27-12-28(21-37)14-29(13-27)22-37)41-34(30)36-17-24-9-25(18-36)11-26(10-24)19-36/h4-6,8,15-16,24-30,38H,3,7,9-14,17-22H2,1-2H3. The zero-order valence-electron chi connectivity index (χ0n) is 25.2. The Bertz CT molecular complexity index is 1290.